The van der Waals surface area contributed by atoms with Crippen molar-refractivity contribution in [3.05, 3.63) is 18.5 Å². The summed E-state index contributed by atoms with van der Waals surface area (Å²) < 4.78 is 25.8. The lowest BCUT2D eigenvalue weighted by atomic mass is 10.7. The Hall–Kier alpha value is -1.34. The molecule has 0 amide bonds. The fourth-order valence-corrected chi connectivity index (χ4v) is 2.26. The van der Waals surface area contributed by atoms with Gasteiger partial charge >= 0.3 is 5.97 Å². The van der Waals surface area contributed by atoms with Gasteiger partial charge in [-0.25, -0.2) is 8.42 Å². The summed E-state index contributed by atoms with van der Waals surface area (Å²) in [6.07, 6.45) is 3.01. The summed E-state index contributed by atoms with van der Waals surface area (Å²) in [7, 11) is -0.758. The van der Waals surface area contributed by atoms with Crippen LogP contribution in [0.1, 0.15) is 0 Å². The molecule has 0 radical (unpaired) electrons. The SMILES string of the molecule is CN(CC(=O)O)S(=O)(=O)c1ccn(C)c1. The van der Waals surface area contributed by atoms with Crippen LogP contribution in [0.15, 0.2) is 23.4 Å². The molecule has 1 aromatic rings. The minimum Gasteiger partial charge on any atom is -0.480 e. The van der Waals surface area contributed by atoms with Crippen molar-refractivity contribution in [1.29, 1.82) is 0 Å². The number of hydrogen-bond acceptors (Lipinski definition) is 3. The number of nitrogens with zero attached hydrogens (tertiary/aromatic N) is 2. The zero-order valence-corrected chi connectivity index (χ0v) is 9.23. The second kappa shape index (κ2) is 4.03. The number of aliphatic carboxylic acids is 1. The van der Waals surface area contributed by atoms with Crippen LogP contribution in [-0.2, 0) is 21.9 Å². The molecule has 0 bridgehead atoms. The summed E-state index contributed by atoms with van der Waals surface area (Å²) in [6.45, 7) is -0.544. The lowest BCUT2D eigenvalue weighted by molar-refractivity contribution is -0.137. The van der Waals surface area contributed by atoms with Gasteiger partial charge in [-0.15, -0.1) is 0 Å². The third-order valence-electron chi connectivity index (χ3n) is 1.87. The summed E-state index contributed by atoms with van der Waals surface area (Å²) in [5.74, 6) is -1.18. The molecule has 1 aromatic heterocycles. The zero-order valence-electron chi connectivity index (χ0n) is 8.41. The number of carbonyl (C=O) groups is 1. The number of aromatic nitrogens is 1. The monoisotopic (exact) mass is 232 g/mol. The molecule has 1 heterocycles. The van der Waals surface area contributed by atoms with Crippen molar-refractivity contribution in [1.82, 2.24) is 8.87 Å². The van der Waals surface area contributed by atoms with Crippen molar-refractivity contribution in [2.45, 2.75) is 4.90 Å². The van der Waals surface area contributed by atoms with E-state index in [9.17, 15) is 13.2 Å². The molecule has 0 spiro atoms. The van der Waals surface area contributed by atoms with E-state index in [1.54, 1.807) is 17.8 Å². The number of carboxylic acid groups (broad SMARTS) is 1. The van der Waals surface area contributed by atoms with Gasteiger partial charge in [-0.3, -0.25) is 4.79 Å². The van der Waals surface area contributed by atoms with E-state index in [-0.39, 0.29) is 4.90 Å². The van der Waals surface area contributed by atoms with Gasteiger partial charge in [-0.05, 0) is 6.07 Å². The smallest absolute Gasteiger partial charge is 0.318 e. The van der Waals surface area contributed by atoms with Crippen LogP contribution >= 0.6 is 0 Å². The van der Waals surface area contributed by atoms with E-state index in [0.29, 0.717) is 0 Å². The minimum atomic E-state index is -3.68. The molecular formula is C8H12N2O4S. The highest BCUT2D eigenvalue weighted by atomic mass is 32.2. The Morgan fingerprint density at radius 2 is 2.20 bits per heavy atom. The van der Waals surface area contributed by atoms with E-state index in [1.165, 1.54) is 19.3 Å². The average Bonchev–Trinajstić information content (AvgIpc) is 2.50. The van der Waals surface area contributed by atoms with Crippen molar-refractivity contribution in [3.63, 3.8) is 0 Å². The first kappa shape index (κ1) is 11.7. The van der Waals surface area contributed by atoms with Crippen LogP contribution in [0.2, 0.25) is 0 Å². The normalized spacial score (nSPS) is 11.9. The summed E-state index contributed by atoms with van der Waals surface area (Å²) in [6, 6.07) is 1.42. The predicted octanol–water partition coefficient (Wildman–Crippen LogP) is -0.270. The number of carboxylic acids is 1. The van der Waals surface area contributed by atoms with E-state index in [0.717, 1.165) is 4.31 Å². The highest BCUT2D eigenvalue weighted by molar-refractivity contribution is 7.89. The molecule has 0 fully saturated rings. The maximum atomic E-state index is 11.7. The van der Waals surface area contributed by atoms with Gasteiger partial charge in [0.25, 0.3) is 0 Å². The van der Waals surface area contributed by atoms with Gasteiger partial charge in [0.2, 0.25) is 10.0 Å². The van der Waals surface area contributed by atoms with Gasteiger partial charge in [-0.2, -0.15) is 4.31 Å². The molecule has 0 atom stereocenters. The van der Waals surface area contributed by atoms with E-state index in [1.807, 2.05) is 0 Å². The Labute approximate surface area is 87.8 Å². The molecule has 1 N–H and O–H groups in total. The first-order valence-corrected chi connectivity index (χ1v) is 5.58. The predicted molar refractivity (Wildman–Crippen MR) is 52.9 cm³/mol. The lowest BCUT2D eigenvalue weighted by Gasteiger charge is -2.13. The van der Waals surface area contributed by atoms with Gasteiger partial charge in [0, 0.05) is 26.5 Å². The Morgan fingerprint density at radius 3 is 2.60 bits per heavy atom. The number of hydrogen-bond donors (Lipinski definition) is 1. The summed E-state index contributed by atoms with van der Waals surface area (Å²) in [4.78, 5) is 10.5. The molecule has 15 heavy (non-hydrogen) atoms. The fourth-order valence-electron chi connectivity index (χ4n) is 1.09. The molecule has 0 aromatic carbocycles. The zero-order chi connectivity index (χ0) is 11.6. The Morgan fingerprint density at radius 1 is 1.60 bits per heavy atom. The molecule has 0 aliphatic heterocycles. The minimum absolute atomic E-state index is 0.0914. The molecular weight excluding hydrogens is 220 g/mol. The van der Waals surface area contributed by atoms with Crippen molar-refractivity contribution < 1.29 is 18.3 Å². The van der Waals surface area contributed by atoms with Crippen molar-refractivity contribution in [3.8, 4) is 0 Å². The van der Waals surface area contributed by atoms with Crippen LogP contribution < -0.4 is 0 Å². The fraction of sp³-hybridized carbons (Fsp3) is 0.375. The highest BCUT2D eigenvalue weighted by Crippen LogP contribution is 2.13. The van der Waals surface area contributed by atoms with Crippen LogP contribution in [0.4, 0.5) is 0 Å². The standard InChI is InChI=1S/C8H12N2O4S/c1-9-4-3-7(5-9)15(13,14)10(2)6-8(11)12/h3-5H,6H2,1-2H3,(H,11,12). The summed E-state index contributed by atoms with van der Waals surface area (Å²) in [5.41, 5.74) is 0. The van der Waals surface area contributed by atoms with Crippen LogP contribution in [0.5, 0.6) is 0 Å². The van der Waals surface area contributed by atoms with Gasteiger partial charge in [0.1, 0.15) is 6.54 Å². The van der Waals surface area contributed by atoms with Gasteiger partial charge in [0.05, 0.1) is 4.90 Å². The maximum absolute atomic E-state index is 11.7. The maximum Gasteiger partial charge on any atom is 0.318 e. The highest BCUT2D eigenvalue weighted by Gasteiger charge is 2.23. The van der Waals surface area contributed by atoms with Gasteiger partial charge in [0.15, 0.2) is 0 Å². The van der Waals surface area contributed by atoms with E-state index in [2.05, 4.69) is 0 Å². The van der Waals surface area contributed by atoms with E-state index >= 15 is 0 Å². The largest absolute Gasteiger partial charge is 0.480 e. The molecule has 0 unspecified atom stereocenters. The quantitative estimate of drug-likeness (QED) is 0.775. The van der Waals surface area contributed by atoms with Crippen LogP contribution in [0, 0.1) is 0 Å². The second-order valence-corrected chi connectivity index (χ2v) is 5.21. The van der Waals surface area contributed by atoms with Crippen LogP contribution in [-0.4, -0.2) is 42.0 Å². The van der Waals surface area contributed by atoms with Gasteiger partial charge < -0.3 is 9.67 Å². The van der Waals surface area contributed by atoms with Crippen molar-refractivity contribution >= 4 is 16.0 Å². The summed E-state index contributed by atoms with van der Waals surface area (Å²) in [5, 5.41) is 8.49. The number of rotatable bonds is 4. The van der Waals surface area contributed by atoms with E-state index in [4.69, 9.17) is 5.11 Å². The molecule has 0 saturated carbocycles. The third kappa shape index (κ3) is 2.57. The molecule has 7 heteroatoms. The molecule has 0 aliphatic rings. The van der Waals surface area contributed by atoms with Crippen molar-refractivity contribution in [2.24, 2.45) is 7.05 Å². The number of aryl methyl sites for hydroxylation is 1. The van der Waals surface area contributed by atoms with Gasteiger partial charge in [-0.1, -0.05) is 0 Å². The molecule has 1 rings (SSSR count). The van der Waals surface area contributed by atoms with Crippen LogP contribution in [0.3, 0.4) is 0 Å². The Bertz CT molecular complexity index is 463. The third-order valence-corrected chi connectivity index (χ3v) is 3.66. The second-order valence-electron chi connectivity index (χ2n) is 3.17. The van der Waals surface area contributed by atoms with E-state index < -0.39 is 22.5 Å². The Balaban J connectivity index is 2.98. The number of sulfonamides is 1. The molecule has 84 valence electrons. The number of likely N-dealkylation sites (N-methyl/N-ethyl adjacent to an activating group) is 1. The molecule has 0 saturated heterocycles. The first-order valence-electron chi connectivity index (χ1n) is 4.14. The van der Waals surface area contributed by atoms with Crippen LogP contribution in [0.25, 0.3) is 0 Å². The molecule has 6 nitrogen and oxygen atoms in total. The Kier molecular flexibility index (Phi) is 3.15. The lowest BCUT2D eigenvalue weighted by Crippen LogP contribution is -2.31. The van der Waals surface area contributed by atoms with Crippen molar-refractivity contribution in [2.75, 3.05) is 13.6 Å². The topological polar surface area (TPSA) is 79.6 Å². The molecule has 0 aliphatic carbocycles. The first-order chi connectivity index (χ1) is 6.84. The summed E-state index contributed by atoms with van der Waals surface area (Å²) >= 11 is 0. The average molecular weight is 232 g/mol.